The first-order chi connectivity index (χ1) is 12.1. The molecule has 0 amide bonds. The number of aryl methyl sites for hydroxylation is 1. The summed E-state index contributed by atoms with van der Waals surface area (Å²) in [7, 11) is 1.99. The van der Waals surface area contributed by atoms with Crippen molar-refractivity contribution in [3.8, 4) is 0 Å². The van der Waals surface area contributed by atoms with Crippen LogP contribution < -0.4 is 0 Å². The van der Waals surface area contributed by atoms with Crippen LogP contribution in [0.1, 0.15) is 31.2 Å². The summed E-state index contributed by atoms with van der Waals surface area (Å²) in [6.45, 7) is 3.90. The molecule has 0 aliphatic carbocycles. The van der Waals surface area contributed by atoms with Crippen molar-refractivity contribution in [2.75, 3.05) is 6.54 Å². The number of rotatable bonds is 7. The van der Waals surface area contributed by atoms with Crippen molar-refractivity contribution < 1.29 is 8.78 Å². The minimum Gasteiger partial charge on any atom is -0.330 e. The maximum atomic E-state index is 14.0. The molecule has 0 fully saturated rings. The quantitative estimate of drug-likeness (QED) is 0.622. The van der Waals surface area contributed by atoms with E-state index in [2.05, 4.69) is 16.4 Å². The molecule has 0 unspecified atom stereocenters. The van der Waals surface area contributed by atoms with Gasteiger partial charge < -0.3 is 4.57 Å². The molecule has 1 heterocycles. The lowest BCUT2D eigenvalue weighted by molar-refractivity contribution is 0.240. The largest absolute Gasteiger partial charge is 0.330 e. The maximum Gasteiger partial charge on any atom is 0.163 e. The second kappa shape index (κ2) is 7.74. The zero-order chi connectivity index (χ0) is 17.8. The number of halogens is 2. The summed E-state index contributed by atoms with van der Waals surface area (Å²) in [6.07, 6.45) is 2.05. The van der Waals surface area contributed by atoms with Crippen LogP contribution in [0.3, 0.4) is 0 Å². The van der Waals surface area contributed by atoms with Crippen LogP contribution in [-0.2, 0) is 20.1 Å². The van der Waals surface area contributed by atoms with Crippen molar-refractivity contribution in [1.82, 2.24) is 14.5 Å². The molecule has 5 heteroatoms. The Hall–Kier alpha value is -2.27. The van der Waals surface area contributed by atoms with Crippen LogP contribution in [0.4, 0.5) is 8.78 Å². The van der Waals surface area contributed by atoms with Gasteiger partial charge in [-0.2, -0.15) is 0 Å². The Kier molecular flexibility index (Phi) is 5.43. The Labute approximate surface area is 146 Å². The second-order valence-corrected chi connectivity index (χ2v) is 6.35. The molecule has 25 heavy (non-hydrogen) atoms. The van der Waals surface area contributed by atoms with Gasteiger partial charge in [-0.25, -0.2) is 13.8 Å². The van der Waals surface area contributed by atoms with Gasteiger partial charge in [0.25, 0.3) is 0 Å². The van der Waals surface area contributed by atoms with Crippen LogP contribution in [0.2, 0.25) is 0 Å². The van der Waals surface area contributed by atoms with Crippen molar-refractivity contribution >= 4 is 11.0 Å². The predicted molar refractivity (Wildman–Crippen MR) is 96.1 cm³/mol. The fourth-order valence-corrected chi connectivity index (χ4v) is 3.04. The summed E-state index contributed by atoms with van der Waals surface area (Å²) in [6, 6.07) is 12.3. The number of unbranched alkanes of at least 4 members (excludes halogenated alkanes) is 1. The molecule has 0 aliphatic rings. The molecule has 0 radical (unpaired) electrons. The van der Waals surface area contributed by atoms with E-state index >= 15 is 0 Å². The molecule has 1 aromatic heterocycles. The van der Waals surface area contributed by atoms with E-state index in [0.29, 0.717) is 18.7 Å². The van der Waals surface area contributed by atoms with Crippen LogP contribution in [0.5, 0.6) is 0 Å². The van der Waals surface area contributed by atoms with Gasteiger partial charge in [-0.05, 0) is 31.2 Å². The fraction of sp³-hybridized carbons (Fsp3) is 0.350. The van der Waals surface area contributed by atoms with Gasteiger partial charge >= 0.3 is 0 Å². The third kappa shape index (κ3) is 3.87. The number of hydrogen-bond acceptors (Lipinski definition) is 2. The van der Waals surface area contributed by atoms with E-state index in [1.165, 1.54) is 0 Å². The van der Waals surface area contributed by atoms with E-state index < -0.39 is 11.6 Å². The summed E-state index contributed by atoms with van der Waals surface area (Å²) in [5.74, 6) is -0.626. The molecule has 0 N–H and O–H groups in total. The Bertz CT molecular complexity index is 857. The number of para-hydroxylation sites is 2. The summed E-state index contributed by atoms with van der Waals surface area (Å²) >= 11 is 0. The molecule has 3 aromatic rings. The van der Waals surface area contributed by atoms with Gasteiger partial charge in [0, 0.05) is 19.2 Å². The highest BCUT2D eigenvalue weighted by Crippen LogP contribution is 2.19. The molecule has 0 aliphatic heterocycles. The van der Waals surface area contributed by atoms with Crippen molar-refractivity contribution in [2.45, 2.75) is 32.9 Å². The van der Waals surface area contributed by atoms with Crippen molar-refractivity contribution in [3.63, 3.8) is 0 Å². The fourth-order valence-electron chi connectivity index (χ4n) is 3.04. The first kappa shape index (κ1) is 17.5. The molecular formula is C20H23F2N3. The summed E-state index contributed by atoms with van der Waals surface area (Å²) in [4.78, 5) is 6.82. The van der Waals surface area contributed by atoms with Crippen LogP contribution in [0.25, 0.3) is 11.0 Å². The van der Waals surface area contributed by atoms with Gasteiger partial charge in [0.15, 0.2) is 11.6 Å². The smallest absolute Gasteiger partial charge is 0.163 e. The Balaban J connectivity index is 1.85. The van der Waals surface area contributed by atoms with Gasteiger partial charge in [-0.3, -0.25) is 4.90 Å². The van der Waals surface area contributed by atoms with Crippen molar-refractivity contribution in [2.24, 2.45) is 7.05 Å². The average molecular weight is 343 g/mol. The van der Waals surface area contributed by atoms with E-state index in [4.69, 9.17) is 4.98 Å². The molecular weight excluding hydrogens is 320 g/mol. The van der Waals surface area contributed by atoms with E-state index in [9.17, 15) is 8.78 Å². The van der Waals surface area contributed by atoms with E-state index in [-0.39, 0.29) is 0 Å². The molecule has 132 valence electrons. The average Bonchev–Trinajstić information content (AvgIpc) is 2.93. The Morgan fingerprint density at radius 2 is 1.84 bits per heavy atom. The third-order valence-corrected chi connectivity index (χ3v) is 4.50. The number of imidazole rings is 1. The van der Waals surface area contributed by atoms with E-state index in [0.717, 1.165) is 42.3 Å². The van der Waals surface area contributed by atoms with Crippen LogP contribution >= 0.6 is 0 Å². The first-order valence-corrected chi connectivity index (χ1v) is 8.65. The summed E-state index contributed by atoms with van der Waals surface area (Å²) < 4.78 is 29.6. The van der Waals surface area contributed by atoms with Crippen LogP contribution in [-0.4, -0.2) is 21.0 Å². The van der Waals surface area contributed by atoms with E-state index in [1.54, 1.807) is 12.1 Å². The lowest BCUT2D eigenvalue weighted by Gasteiger charge is -2.22. The van der Waals surface area contributed by atoms with Crippen molar-refractivity contribution in [1.29, 1.82) is 0 Å². The van der Waals surface area contributed by atoms with Crippen molar-refractivity contribution in [3.05, 3.63) is 65.5 Å². The summed E-state index contributed by atoms with van der Waals surface area (Å²) in [5.41, 5.74) is 2.41. The van der Waals surface area contributed by atoms with Crippen LogP contribution in [0.15, 0.2) is 42.5 Å². The Morgan fingerprint density at radius 3 is 2.60 bits per heavy atom. The molecule has 3 rings (SSSR count). The second-order valence-electron chi connectivity index (χ2n) is 6.35. The maximum absolute atomic E-state index is 14.0. The minimum absolute atomic E-state index is 0.368. The molecule has 2 aromatic carbocycles. The molecule has 0 saturated heterocycles. The minimum atomic E-state index is -0.796. The standard InChI is InChI=1S/C20H23F2N3/c1-3-4-12-25(13-15-8-7-9-16(21)20(15)22)14-19-23-17-10-5-6-11-18(17)24(19)2/h5-11H,3-4,12-14H2,1-2H3. The summed E-state index contributed by atoms with van der Waals surface area (Å²) in [5, 5.41) is 0. The van der Waals surface area contributed by atoms with E-state index in [1.807, 2.05) is 31.3 Å². The number of fused-ring (bicyclic) bond motifs is 1. The monoisotopic (exact) mass is 343 g/mol. The van der Waals surface area contributed by atoms with Gasteiger partial charge in [-0.1, -0.05) is 37.6 Å². The lowest BCUT2D eigenvalue weighted by atomic mass is 10.2. The normalized spacial score (nSPS) is 11.6. The highest BCUT2D eigenvalue weighted by molar-refractivity contribution is 5.75. The SMILES string of the molecule is CCCCN(Cc1cccc(F)c1F)Cc1nc2ccccc2n1C. The number of benzene rings is 2. The number of aromatic nitrogens is 2. The Morgan fingerprint density at radius 1 is 1.04 bits per heavy atom. The highest BCUT2D eigenvalue weighted by Gasteiger charge is 2.15. The molecule has 0 spiro atoms. The molecule has 3 nitrogen and oxygen atoms in total. The number of hydrogen-bond donors (Lipinski definition) is 0. The lowest BCUT2D eigenvalue weighted by Crippen LogP contribution is -2.26. The zero-order valence-electron chi connectivity index (χ0n) is 14.7. The number of nitrogens with zero attached hydrogens (tertiary/aromatic N) is 3. The van der Waals surface area contributed by atoms with Gasteiger partial charge in [0.05, 0.1) is 17.6 Å². The van der Waals surface area contributed by atoms with Gasteiger partial charge in [0.2, 0.25) is 0 Å². The molecule has 0 bridgehead atoms. The third-order valence-electron chi connectivity index (χ3n) is 4.50. The predicted octanol–water partition coefficient (Wildman–Crippen LogP) is 4.65. The zero-order valence-corrected chi connectivity index (χ0v) is 14.7. The molecule has 0 saturated carbocycles. The van der Waals surface area contributed by atoms with Gasteiger partial charge in [0.1, 0.15) is 5.82 Å². The molecule has 0 atom stereocenters. The van der Waals surface area contributed by atoms with Gasteiger partial charge in [-0.15, -0.1) is 0 Å². The topological polar surface area (TPSA) is 21.1 Å². The van der Waals surface area contributed by atoms with Crippen LogP contribution in [0, 0.1) is 11.6 Å². The highest BCUT2D eigenvalue weighted by atomic mass is 19.2. The first-order valence-electron chi connectivity index (χ1n) is 8.65.